The van der Waals surface area contributed by atoms with Crippen LogP contribution in [0.2, 0.25) is 5.02 Å². The van der Waals surface area contributed by atoms with Crippen LogP contribution in [0.4, 0.5) is 17.6 Å². The quantitative estimate of drug-likeness (QED) is 0.631. The molecule has 1 heterocycles. The molecule has 1 aromatic carbocycles. The van der Waals surface area contributed by atoms with Gasteiger partial charge < -0.3 is 4.74 Å². The van der Waals surface area contributed by atoms with E-state index in [1.807, 2.05) is 0 Å². The largest absolute Gasteiger partial charge is 0.462 e. The van der Waals surface area contributed by atoms with Gasteiger partial charge in [0.05, 0.1) is 18.5 Å². The van der Waals surface area contributed by atoms with E-state index in [2.05, 4.69) is 9.84 Å². The molecule has 0 spiro atoms. The van der Waals surface area contributed by atoms with E-state index in [0.29, 0.717) is 10.9 Å². The number of carbonyl (C=O) groups excluding carboxylic acids is 1. The second-order valence-electron chi connectivity index (χ2n) is 4.11. The van der Waals surface area contributed by atoms with Crippen molar-refractivity contribution in [3.63, 3.8) is 0 Å². The van der Waals surface area contributed by atoms with E-state index in [-0.39, 0.29) is 12.3 Å². The topological polar surface area (TPSA) is 44.1 Å². The van der Waals surface area contributed by atoms with Crippen molar-refractivity contribution >= 4 is 17.6 Å². The van der Waals surface area contributed by atoms with Crippen molar-refractivity contribution < 1.29 is 27.1 Å². The van der Waals surface area contributed by atoms with Crippen LogP contribution in [-0.4, -0.2) is 22.4 Å². The van der Waals surface area contributed by atoms with Gasteiger partial charge in [0.2, 0.25) is 0 Å². The Morgan fingerprint density at radius 3 is 2.68 bits per heavy atom. The fourth-order valence-electron chi connectivity index (χ4n) is 1.82. The third-order valence-electron chi connectivity index (χ3n) is 2.69. The molecule has 0 N–H and O–H groups in total. The molecule has 0 radical (unpaired) electrons. The van der Waals surface area contributed by atoms with Crippen molar-refractivity contribution in [3.8, 4) is 5.69 Å². The average molecular weight is 337 g/mol. The molecule has 0 bridgehead atoms. The number of nitrogens with zero attached hydrogens (tertiary/aromatic N) is 2. The Labute approximate surface area is 127 Å². The lowest BCUT2D eigenvalue weighted by atomic mass is 10.2. The summed E-state index contributed by atoms with van der Waals surface area (Å²) < 4.78 is 58.1. The summed E-state index contributed by atoms with van der Waals surface area (Å²) in [4.78, 5) is 11.6. The lowest BCUT2D eigenvalue weighted by molar-refractivity contribution is -0.143. The Kier molecular flexibility index (Phi) is 4.41. The molecule has 4 nitrogen and oxygen atoms in total. The maximum atomic E-state index is 13.4. The van der Waals surface area contributed by atoms with Crippen LogP contribution in [0.5, 0.6) is 0 Å². The summed E-state index contributed by atoms with van der Waals surface area (Å²) in [5.74, 6) is -2.07. The average Bonchev–Trinajstić information content (AvgIpc) is 2.87. The molecule has 0 aliphatic carbocycles. The summed E-state index contributed by atoms with van der Waals surface area (Å²) in [6, 6.07) is 3.33. The normalized spacial score (nSPS) is 11.5. The van der Waals surface area contributed by atoms with E-state index >= 15 is 0 Å². The molecule has 0 saturated carbocycles. The molecule has 22 heavy (non-hydrogen) atoms. The number of rotatable bonds is 3. The third kappa shape index (κ3) is 2.92. The zero-order valence-corrected chi connectivity index (χ0v) is 11.9. The summed E-state index contributed by atoms with van der Waals surface area (Å²) in [6.45, 7) is 1.36. The fourth-order valence-corrected chi connectivity index (χ4v) is 2.02. The van der Waals surface area contributed by atoms with Crippen LogP contribution >= 0.6 is 11.6 Å². The molecule has 0 saturated heterocycles. The van der Waals surface area contributed by atoms with E-state index in [1.165, 1.54) is 13.0 Å². The van der Waals surface area contributed by atoms with Crippen LogP contribution in [0, 0.1) is 5.82 Å². The van der Waals surface area contributed by atoms with E-state index in [0.717, 1.165) is 12.1 Å². The van der Waals surface area contributed by atoms with Gasteiger partial charge in [0, 0.05) is 0 Å². The van der Waals surface area contributed by atoms with Gasteiger partial charge in [0.15, 0.2) is 5.69 Å². The highest BCUT2D eigenvalue weighted by Gasteiger charge is 2.41. The minimum Gasteiger partial charge on any atom is -0.462 e. The number of hydrogen-bond donors (Lipinski definition) is 0. The minimum atomic E-state index is -4.91. The lowest BCUT2D eigenvalue weighted by Gasteiger charge is -2.13. The maximum absolute atomic E-state index is 13.4. The summed E-state index contributed by atoms with van der Waals surface area (Å²) in [5.41, 5.74) is -2.47. The molecule has 118 valence electrons. The molecular formula is C13H9ClF4N2O2. The monoisotopic (exact) mass is 336 g/mol. The second kappa shape index (κ2) is 5.96. The minimum absolute atomic E-state index is 0.0952. The molecular weight excluding hydrogens is 328 g/mol. The first-order chi connectivity index (χ1) is 10.3. The number of halogens is 5. The molecule has 0 amide bonds. The van der Waals surface area contributed by atoms with Gasteiger partial charge in [0.25, 0.3) is 0 Å². The van der Waals surface area contributed by atoms with Gasteiger partial charge in [-0.3, -0.25) is 0 Å². The second-order valence-corrected chi connectivity index (χ2v) is 4.49. The zero-order valence-electron chi connectivity index (χ0n) is 11.1. The molecule has 1 aromatic heterocycles. The van der Waals surface area contributed by atoms with Crippen molar-refractivity contribution in [2.24, 2.45) is 0 Å². The molecule has 2 aromatic rings. The number of ether oxygens (including phenoxy) is 1. The number of esters is 1. The van der Waals surface area contributed by atoms with Crippen LogP contribution in [-0.2, 0) is 10.9 Å². The van der Waals surface area contributed by atoms with Crippen LogP contribution in [0.15, 0.2) is 24.4 Å². The summed E-state index contributed by atoms with van der Waals surface area (Å²) in [7, 11) is 0. The third-order valence-corrected chi connectivity index (χ3v) is 3.07. The van der Waals surface area contributed by atoms with Gasteiger partial charge in [-0.2, -0.15) is 18.3 Å². The zero-order chi connectivity index (χ0) is 16.5. The number of hydrogen-bond acceptors (Lipinski definition) is 3. The van der Waals surface area contributed by atoms with E-state index in [1.54, 1.807) is 0 Å². The highest BCUT2D eigenvalue weighted by Crippen LogP contribution is 2.35. The number of benzene rings is 1. The smallest absolute Gasteiger partial charge is 0.434 e. The standard InChI is InChI=1S/C13H9ClF4N2O2/c1-2-22-12(21)7-6-19-20(11(7)13(16,17)18)9-5-3-4-8(15)10(9)14/h3-6H,2H2,1H3. The molecule has 0 unspecified atom stereocenters. The highest BCUT2D eigenvalue weighted by molar-refractivity contribution is 6.32. The fraction of sp³-hybridized carbons (Fsp3) is 0.231. The van der Waals surface area contributed by atoms with Gasteiger partial charge in [0.1, 0.15) is 16.4 Å². The first-order valence-electron chi connectivity index (χ1n) is 6.04. The molecule has 9 heteroatoms. The summed E-state index contributed by atoms with van der Waals surface area (Å²) in [6.07, 6.45) is -4.20. The SMILES string of the molecule is CCOC(=O)c1cnn(-c2cccc(F)c2Cl)c1C(F)(F)F. The number of aromatic nitrogens is 2. The summed E-state index contributed by atoms with van der Waals surface area (Å²) in [5, 5.41) is 2.97. The Morgan fingerprint density at radius 1 is 1.41 bits per heavy atom. The molecule has 0 atom stereocenters. The molecule has 0 aliphatic heterocycles. The van der Waals surface area contributed by atoms with Gasteiger partial charge in [-0.15, -0.1) is 0 Å². The summed E-state index contributed by atoms with van der Waals surface area (Å²) >= 11 is 5.68. The van der Waals surface area contributed by atoms with Gasteiger partial charge >= 0.3 is 12.1 Å². The van der Waals surface area contributed by atoms with Gasteiger partial charge in [-0.1, -0.05) is 17.7 Å². The van der Waals surface area contributed by atoms with Gasteiger partial charge in [-0.25, -0.2) is 13.9 Å². The van der Waals surface area contributed by atoms with Crippen molar-refractivity contribution in [2.75, 3.05) is 6.61 Å². The number of alkyl halides is 3. The van der Waals surface area contributed by atoms with E-state index in [9.17, 15) is 22.4 Å². The lowest BCUT2D eigenvalue weighted by Crippen LogP contribution is -2.18. The van der Waals surface area contributed by atoms with Gasteiger partial charge in [-0.05, 0) is 19.1 Å². The maximum Gasteiger partial charge on any atom is 0.434 e. The van der Waals surface area contributed by atoms with E-state index < -0.39 is 34.2 Å². The predicted octanol–water partition coefficient (Wildman–Crippen LogP) is 3.86. The molecule has 0 aliphatic rings. The Bertz CT molecular complexity index is 713. The van der Waals surface area contributed by atoms with Crippen molar-refractivity contribution in [1.29, 1.82) is 0 Å². The highest BCUT2D eigenvalue weighted by atomic mass is 35.5. The van der Waals surface area contributed by atoms with Crippen LogP contribution in [0.1, 0.15) is 23.0 Å². The Balaban J connectivity index is 2.68. The number of carbonyl (C=O) groups is 1. The van der Waals surface area contributed by atoms with Crippen LogP contribution in [0.25, 0.3) is 5.69 Å². The molecule has 0 fully saturated rings. The van der Waals surface area contributed by atoms with Crippen LogP contribution in [0.3, 0.4) is 0 Å². The van der Waals surface area contributed by atoms with Crippen molar-refractivity contribution in [3.05, 3.63) is 46.5 Å². The van der Waals surface area contributed by atoms with Crippen LogP contribution < -0.4 is 0 Å². The first kappa shape index (κ1) is 16.3. The van der Waals surface area contributed by atoms with Crippen molar-refractivity contribution in [1.82, 2.24) is 9.78 Å². The molecule has 2 rings (SSSR count). The first-order valence-corrected chi connectivity index (χ1v) is 6.42. The Hall–Kier alpha value is -2.09. The van der Waals surface area contributed by atoms with E-state index in [4.69, 9.17) is 11.6 Å². The predicted molar refractivity (Wildman–Crippen MR) is 69.5 cm³/mol. The Morgan fingerprint density at radius 2 is 2.09 bits per heavy atom. The van der Waals surface area contributed by atoms with Crippen molar-refractivity contribution in [2.45, 2.75) is 13.1 Å².